The predicted octanol–water partition coefficient (Wildman–Crippen LogP) is 0.639. The normalized spacial score (nSPS) is 11.7. The van der Waals surface area contributed by atoms with Crippen LogP contribution < -0.4 is 5.32 Å². The standard InChI is InChI=1S/C12H14N2O6S/c15-6-5-10(12(17)18)13-11(16)7-21-9-3-1-8(2-4-9)14(19)20/h1-4,10,15H,5-7H2,(H,13,16)(H,17,18)/t10-/m0/s1. The van der Waals surface area contributed by atoms with Crippen molar-refractivity contribution in [1.82, 2.24) is 5.32 Å². The molecule has 21 heavy (non-hydrogen) atoms. The van der Waals surface area contributed by atoms with Gasteiger partial charge in [-0.15, -0.1) is 11.8 Å². The van der Waals surface area contributed by atoms with Crippen molar-refractivity contribution in [3.05, 3.63) is 34.4 Å². The van der Waals surface area contributed by atoms with Crippen LogP contribution in [0.25, 0.3) is 0 Å². The number of carboxylic acids is 1. The molecule has 0 saturated carbocycles. The molecule has 0 fully saturated rings. The summed E-state index contributed by atoms with van der Waals surface area (Å²) in [6, 6.07) is 4.55. The van der Waals surface area contributed by atoms with Crippen LogP contribution in [0.2, 0.25) is 0 Å². The Morgan fingerprint density at radius 3 is 2.43 bits per heavy atom. The van der Waals surface area contributed by atoms with Crippen molar-refractivity contribution in [2.24, 2.45) is 0 Å². The number of nitro benzene ring substituents is 1. The van der Waals surface area contributed by atoms with Crippen molar-refractivity contribution < 1.29 is 24.7 Å². The van der Waals surface area contributed by atoms with E-state index in [0.29, 0.717) is 4.90 Å². The summed E-state index contributed by atoms with van der Waals surface area (Å²) in [6.07, 6.45) is -0.0662. The zero-order valence-corrected chi connectivity index (χ0v) is 11.7. The molecule has 0 saturated heterocycles. The molecule has 0 heterocycles. The van der Waals surface area contributed by atoms with Crippen molar-refractivity contribution in [1.29, 1.82) is 0 Å². The van der Waals surface area contributed by atoms with E-state index in [4.69, 9.17) is 10.2 Å². The van der Waals surface area contributed by atoms with E-state index in [9.17, 15) is 19.7 Å². The Kier molecular flexibility index (Phi) is 6.63. The van der Waals surface area contributed by atoms with Crippen LogP contribution in [-0.4, -0.2) is 45.4 Å². The zero-order chi connectivity index (χ0) is 15.8. The van der Waals surface area contributed by atoms with Gasteiger partial charge in [0.25, 0.3) is 5.69 Å². The van der Waals surface area contributed by atoms with Gasteiger partial charge < -0.3 is 15.5 Å². The summed E-state index contributed by atoms with van der Waals surface area (Å²) in [5.41, 5.74) is -0.0438. The Labute approximate surface area is 124 Å². The number of non-ortho nitro benzene ring substituents is 1. The fraction of sp³-hybridized carbons (Fsp3) is 0.333. The van der Waals surface area contributed by atoms with Crippen LogP contribution >= 0.6 is 11.8 Å². The van der Waals surface area contributed by atoms with Gasteiger partial charge in [0, 0.05) is 30.1 Å². The number of carboxylic acid groups (broad SMARTS) is 1. The highest BCUT2D eigenvalue weighted by Gasteiger charge is 2.19. The number of hydrogen-bond donors (Lipinski definition) is 3. The number of hydrogen-bond acceptors (Lipinski definition) is 6. The van der Waals surface area contributed by atoms with E-state index in [1.54, 1.807) is 0 Å². The molecule has 114 valence electrons. The number of nitrogens with zero attached hydrogens (tertiary/aromatic N) is 1. The van der Waals surface area contributed by atoms with Gasteiger partial charge in [-0.1, -0.05) is 0 Å². The molecular formula is C12H14N2O6S. The largest absolute Gasteiger partial charge is 0.480 e. The number of benzene rings is 1. The minimum Gasteiger partial charge on any atom is -0.480 e. The van der Waals surface area contributed by atoms with Gasteiger partial charge in [-0.2, -0.15) is 0 Å². The van der Waals surface area contributed by atoms with Crippen molar-refractivity contribution in [2.75, 3.05) is 12.4 Å². The Balaban J connectivity index is 2.48. The van der Waals surface area contributed by atoms with Gasteiger partial charge in [-0.25, -0.2) is 4.79 Å². The van der Waals surface area contributed by atoms with Crippen LogP contribution in [0, 0.1) is 10.1 Å². The molecule has 0 bridgehead atoms. The van der Waals surface area contributed by atoms with Gasteiger partial charge in [0.15, 0.2) is 0 Å². The maximum atomic E-state index is 11.6. The summed E-state index contributed by atoms with van der Waals surface area (Å²) >= 11 is 1.13. The lowest BCUT2D eigenvalue weighted by Crippen LogP contribution is -2.42. The fourth-order valence-corrected chi connectivity index (χ4v) is 2.15. The van der Waals surface area contributed by atoms with E-state index in [2.05, 4.69) is 5.32 Å². The molecule has 0 aliphatic heterocycles. The monoisotopic (exact) mass is 314 g/mol. The topological polar surface area (TPSA) is 130 Å². The lowest BCUT2D eigenvalue weighted by molar-refractivity contribution is -0.384. The van der Waals surface area contributed by atoms with Crippen molar-refractivity contribution in [2.45, 2.75) is 17.4 Å². The first-order chi connectivity index (χ1) is 9.93. The molecule has 9 heteroatoms. The van der Waals surface area contributed by atoms with Gasteiger partial charge in [0.05, 0.1) is 10.7 Å². The molecule has 0 aromatic heterocycles. The quantitative estimate of drug-likeness (QED) is 0.364. The van der Waals surface area contributed by atoms with Crippen LogP contribution in [0.1, 0.15) is 6.42 Å². The van der Waals surface area contributed by atoms with Crippen LogP contribution in [0.3, 0.4) is 0 Å². The van der Waals surface area contributed by atoms with Crippen LogP contribution in [0.15, 0.2) is 29.2 Å². The SMILES string of the molecule is O=C(CSc1ccc([N+](=O)[O-])cc1)N[C@@H](CCO)C(=O)O. The maximum absolute atomic E-state index is 11.6. The van der Waals surface area contributed by atoms with Crippen LogP contribution in [0.4, 0.5) is 5.69 Å². The molecule has 1 amide bonds. The number of aliphatic hydroxyl groups is 1. The molecule has 0 unspecified atom stereocenters. The number of carbonyl (C=O) groups is 2. The maximum Gasteiger partial charge on any atom is 0.326 e. The predicted molar refractivity (Wildman–Crippen MR) is 75.1 cm³/mol. The number of nitrogens with one attached hydrogen (secondary N) is 1. The molecule has 1 atom stereocenters. The summed E-state index contributed by atoms with van der Waals surface area (Å²) in [6.45, 7) is -0.341. The molecule has 0 aliphatic carbocycles. The second-order valence-corrected chi connectivity index (χ2v) is 5.06. The molecular weight excluding hydrogens is 300 g/mol. The number of nitro groups is 1. The summed E-state index contributed by atoms with van der Waals surface area (Å²) in [5, 5.41) is 30.3. The van der Waals surface area contributed by atoms with E-state index in [-0.39, 0.29) is 24.5 Å². The Morgan fingerprint density at radius 1 is 1.33 bits per heavy atom. The molecule has 8 nitrogen and oxygen atoms in total. The van der Waals surface area contributed by atoms with Crippen molar-refractivity contribution in [3.63, 3.8) is 0 Å². The van der Waals surface area contributed by atoms with E-state index >= 15 is 0 Å². The van der Waals surface area contributed by atoms with Gasteiger partial charge in [0.2, 0.25) is 5.91 Å². The summed E-state index contributed by atoms with van der Waals surface area (Å²) in [4.78, 5) is 33.0. The summed E-state index contributed by atoms with van der Waals surface area (Å²) in [5.74, 6) is -1.72. The average Bonchev–Trinajstić information content (AvgIpc) is 2.45. The average molecular weight is 314 g/mol. The van der Waals surface area contributed by atoms with Crippen LogP contribution in [-0.2, 0) is 9.59 Å². The third kappa shape index (κ3) is 5.79. The molecule has 1 rings (SSSR count). The highest BCUT2D eigenvalue weighted by molar-refractivity contribution is 8.00. The highest BCUT2D eigenvalue weighted by atomic mass is 32.2. The first kappa shape index (κ1) is 16.9. The molecule has 0 spiro atoms. The highest BCUT2D eigenvalue weighted by Crippen LogP contribution is 2.21. The number of aliphatic hydroxyl groups excluding tert-OH is 1. The van der Waals surface area contributed by atoms with Gasteiger partial charge >= 0.3 is 5.97 Å². The van der Waals surface area contributed by atoms with Crippen molar-refractivity contribution >= 4 is 29.3 Å². The second-order valence-electron chi connectivity index (χ2n) is 4.01. The number of rotatable bonds is 8. The smallest absolute Gasteiger partial charge is 0.326 e. The van der Waals surface area contributed by atoms with E-state index in [1.807, 2.05) is 0 Å². The second kappa shape index (κ2) is 8.22. The molecule has 3 N–H and O–H groups in total. The Hall–Kier alpha value is -2.13. The van der Waals surface area contributed by atoms with Gasteiger partial charge in [-0.05, 0) is 12.1 Å². The van der Waals surface area contributed by atoms with E-state index in [0.717, 1.165) is 11.8 Å². The number of amides is 1. The summed E-state index contributed by atoms with van der Waals surface area (Å²) in [7, 11) is 0. The summed E-state index contributed by atoms with van der Waals surface area (Å²) < 4.78 is 0. The number of thioether (sulfide) groups is 1. The van der Waals surface area contributed by atoms with Gasteiger partial charge in [-0.3, -0.25) is 14.9 Å². The van der Waals surface area contributed by atoms with Crippen LogP contribution in [0.5, 0.6) is 0 Å². The fourth-order valence-electron chi connectivity index (χ4n) is 1.44. The Bertz CT molecular complexity index is 519. The first-order valence-corrected chi connectivity index (χ1v) is 6.93. The molecule has 1 aromatic rings. The minimum absolute atomic E-state index is 0.0208. The number of carbonyl (C=O) groups excluding carboxylic acids is 1. The molecule has 0 aliphatic rings. The molecule has 1 aromatic carbocycles. The van der Waals surface area contributed by atoms with E-state index in [1.165, 1.54) is 24.3 Å². The minimum atomic E-state index is -1.21. The van der Waals surface area contributed by atoms with Crippen molar-refractivity contribution in [3.8, 4) is 0 Å². The van der Waals surface area contributed by atoms with Gasteiger partial charge in [0.1, 0.15) is 6.04 Å². The number of aliphatic carboxylic acids is 1. The third-order valence-electron chi connectivity index (χ3n) is 2.47. The van der Waals surface area contributed by atoms with E-state index < -0.39 is 22.8 Å². The lowest BCUT2D eigenvalue weighted by atomic mass is 10.2. The Morgan fingerprint density at radius 2 is 1.95 bits per heavy atom. The first-order valence-electron chi connectivity index (χ1n) is 5.94. The molecule has 0 radical (unpaired) electrons. The third-order valence-corrected chi connectivity index (χ3v) is 3.48. The zero-order valence-electron chi connectivity index (χ0n) is 10.9. The lowest BCUT2D eigenvalue weighted by Gasteiger charge is -2.12.